The molecule has 0 aliphatic carbocycles. The predicted octanol–water partition coefficient (Wildman–Crippen LogP) is 0.750. The zero-order valence-electron chi connectivity index (χ0n) is 14.6. The Bertz CT molecular complexity index is 784. The minimum atomic E-state index is 0.383. The smallest absolute Gasteiger partial charge is 0.227 e. The van der Waals surface area contributed by atoms with Crippen LogP contribution in [0.5, 0.6) is 11.5 Å². The van der Waals surface area contributed by atoms with Crippen molar-refractivity contribution in [1.82, 2.24) is 14.9 Å². The zero-order chi connectivity index (χ0) is 17.4. The summed E-state index contributed by atoms with van der Waals surface area (Å²) in [6.45, 7) is 5.28. The Morgan fingerprint density at radius 3 is 2.72 bits per heavy atom. The summed E-state index contributed by atoms with van der Waals surface area (Å²) in [5.41, 5.74) is 6.95. The van der Waals surface area contributed by atoms with Crippen molar-refractivity contribution in [3.8, 4) is 11.5 Å². The Morgan fingerprint density at radius 2 is 1.92 bits per heavy atom. The van der Waals surface area contributed by atoms with Crippen molar-refractivity contribution >= 4 is 22.7 Å². The number of nitrogens with two attached hydrogens (primary N) is 1. The number of anilines is 2. The zero-order valence-corrected chi connectivity index (χ0v) is 14.6. The van der Waals surface area contributed by atoms with E-state index in [1.807, 2.05) is 12.1 Å². The molecule has 0 radical (unpaired) electrons. The summed E-state index contributed by atoms with van der Waals surface area (Å²) < 4.78 is 16.3. The number of hydrogen-bond donors (Lipinski definition) is 1. The van der Waals surface area contributed by atoms with Crippen LogP contribution in [-0.2, 0) is 4.74 Å². The standard InChI is InChI=1S/C17H23N5O3/c1-23-14-7-12-13(8-15(14)24-2)19-17(20-16(12)18)22-4-3-21-5-6-25-10-11(21)9-22/h7-8,11H,3-6,9-10H2,1-2H3,(H2,18,19,20). The number of piperazine rings is 1. The number of aromatic nitrogens is 2. The first-order valence-corrected chi connectivity index (χ1v) is 8.45. The summed E-state index contributed by atoms with van der Waals surface area (Å²) in [4.78, 5) is 13.9. The number of benzene rings is 1. The van der Waals surface area contributed by atoms with Gasteiger partial charge in [-0.1, -0.05) is 0 Å². The molecule has 2 aliphatic rings. The Balaban J connectivity index is 1.68. The van der Waals surface area contributed by atoms with E-state index in [1.165, 1.54) is 0 Å². The summed E-state index contributed by atoms with van der Waals surface area (Å²) in [7, 11) is 3.21. The summed E-state index contributed by atoms with van der Waals surface area (Å²) in [5, 5.41) is 0.765. The van der Waals surface area contributed by atoms with Crippen LogP contribution in [0.15, 0.2) is 12.1 Å². The van der Waals surface area contributed by atoms with Crippen LogP contribution in [0.1, 0.15) is 0 Å². The summed E-state index contributed by atoms with van der Waals surface area (Å²) in [6.07, 6.45) is 0. The van der Waals surface area contributed by atoms with Crippen molar-refractivity contribution < 1.29 is 14.2 Å². The largest absolute Gasteiger partial charge is 0.493 e. The number of nitrogens with zero attached hydrogens (tertiary/aromatic N) is 4. The lowest BCUT2D eigenvalue weighted by atomic mass is 10.1. The van der Waals surface area contributed by atoms with E-state index in [4.69, 9.17) is 24.9 Å². The maximum absolute atomic E-state index is 6.20. The fraction of sp³-hybridized carbons (Fsp3) is 0.529. The van der Waals surface area contributed by atoms with Gasteiger partial charge in [0.05, 0.1) is 39.0 Å². The summed E-state index contributed by atoms with van der Waals surface area (Å²) in [5.74, 6) is 2.35. The number of rotatable bonds is 3. The molecule has 1 atom stereocenters. The number of morpholine rings is 1. The average molecular weight is 345 g/mol. The molecule has 2 aliphatic heterocycles. The molecular formula is C17H23N5O3. The third-order valence-electron chi connectivity index (χ3n) is 4.94. The molecule has 2 aromatic rings. The predicted molar refractivity (Wildman–Crippen MR) is 95.4 cm³/mol. The van der Waals surface area contributed by atoms with E-state index in [1.54, 1.807) is 14.2 Å². The molecule has 0 saturated carbocycles. The highest BCUT2D eigenvalue weighted by molar-refractivity contribution is 5.91. The lowest BCUT2D eigenvalue weighted by Gasteiger charge is -2.43. The molecule has 3 heterocycles. The van der Waals surface area contributed by atoms with Gasteiger partial charge in [0.15, 0.2) is 11.5 Å². The van der Waals surface area contributed by atoms with E-state index in [2.05, 4.69) is 14.8 Å². The SMILES string of the molecule is COc1cc2nc(N3CCN4CCOCC4C3)nc(N)c2cc1OC. The van der Waals surface area contributed by atoms with Gasteiger partial charge >= 0.3 is 0 Å². The fourth-order valence-corrected chi connectivity index (χ4v) is 3.54. The second-order valence-corrected chi connectivity index (χ2v) is 6.34. The van der Waals surface area contributed by atoms with Crippen molar-refractivity contribution in [2.24, 2.45) is 0 Å². The van der Waals surface area contributed by atoms with Crippen LogP contribution in [0.25, 0.3) is 10.9 Å². The van der Waals surface area contributed by atoms with Crippen LogP contribution < -0.4 is 20.1 Å². The van der Waals surface area contributed by atoms with Crippen LogP contribution >= 0.6 is 0 Å². The first-order valence-electron chi connectivity index (χ1n) is 8.45. The van der Waals surface area contributed by atoms with Gasteiger partial charge in [0.25, 0.3) is 0 Å². The highest BCUT2D eigenvalue weighted by Crippen LogP contribution is 2.34. The molecule has 1 unspecified atom stereocenters. The number of ether oxygens (including phenoxy) is 3. The maximum atomic E-state index is 6.20. The molecule has 0 spiro atoms. The van der Waals surface area contributed by atoms with Crippen molar-refractivity contribution in [3.63, 3.8) is 0 Å². The van der Waals surface area contributed by atoms with Crippen LogP contribution in [0.2, 0.25) is 0 Å². The van der Waals surface area contributed by atoms with E-state index < -0.39 is 0 Å². The average Bonchev–Trinajstić information content (AvgIpc) is 2.66. The third kappa shape index (κ3) is 2.91. The van der Waals surface area contributed by atoms with Gasteiger partial charge in [-0.3, -0.25) is 4.90 Å². The van der Waals surface area contributed by atoms with Crippen LogP contribution in [0.3, 0.4) is 0 Å². The van der Waals surface area contributed by atoms with Crippen molar-refractivity contribution in [3.05, 3.63) is 12.1 Å². The van der Waals surface area contributed by atoms with Gasteiger partial charge in [-0.05, 0) is 6.07 Å². The van der Waals surface area contributed by atoms with Crippen LogP contribution in [0, 0.1) is 0 Å². The lowest BCUT2D eigenvalue weighted by Crippen LogP contribution is -2.58. The highest BCUT2D eigenvalue weighted by atomic mass is 16.5. The lowest BCUT2D eigenvalue weighted by molar-refractivity contribution is -0.0118. The minimum Gasteiger partial charge on any atom is -0.493 e. The molecule has 8 heteroatoms. The number of fused-ring (bicyclic) bond motifs is 2. The second-order valence-electron chi connectivity index (χ2n) is 6.34. The Morgan fingerprint density at radius 1 is 1.12 bits per heavy atom. The van der Waals surface area contributed by atoms with Gasteiger partial charge in [0.2, 0.25) is 5.95 Å². The molecule has 25 heavy (non-hydrogen) atoms. The first-order chi connectivity index (χ1) is 12.2. The van der Waals surface area contributed by atoms with E-state index in [9.17, 15) is 0 Å². The number of methoxy groups -OCH3 is 2. The van der Waals surface area contributed by atoms with Crippen molar-refractivity contribution in [2.45, 2.75) is 6.04 Å². The Hall–Kier alpha value is -2.32. The quantitative estimate of drug-likeness (QED) is 0.872. The molecule has 2 fully saturated rings. The second kappa shape index (κ2) is 6.53. The molecule has 134 valence electrons. The first kappa shape index (κ1) is 16.2. The summed E-state index contributed by atoms with van der Waals surface area (Å²) >= 11 is 0. The molecule has 0 bridgehead atoms. The maximum Gasteiger partial charge on any atom is 0.227 e. The Labute approximate surface area is 146 Å². The van der Waals surface area contributed by atoms with Crippen molar-refractivity contribution in [1.29, 1.82) is 0 Å². The van der Waals surface area contributed by atoms with Gasteiger partial charge in [-0.15, -0.1) is 0 Å². The molecule has 0 amide bonds. The van der Waals surface area contributed by atoms with Gasteiger partial charge < -0.3 is 24.8 Å². The van der Waals surface area contributed by atoms with E-state index >= 15 is 0 Å². The van der Waals surface area contributed by atoms with Gasteiger partial charge in [0, 0.05) is 37.6 Å². The third-order valence-corrected chi connectivity index (χ3v) is 4.94. The molecule has 1 aromatic heterocycles. The minimum absolute atomic E-state index is 0.383. The van der Waals surface area contributed by atoms with Crippen molar-refractivity contribution in [2.75, 3.05) is 64.2 Å². The number of nitrogen functional groups attached to an aromatic ring is 1. The van der Waals surface area contributed by atoms with Gasteiger partial charge in [0.1, 0.15) is 5.82 Å². The molecule has 2 saturated heterocycles. The monoisotopic (exact) mass is 345 g/mol. The highest BCUT2D eigenvalue weighted by Gasteiger charge is 2.30. The molecule has 1 aromatic carbocycles. The molecule has 4 rings (SSSR count). The van der Waals surface area contributed by atoms with Gasteiger partial charge in [-0.25, -0.2) is 4.98 Å². The molecule has 2 N–H and O–H groups in total. The van der Waals surface area contributed by atoms with Gasteiger partial charge in [-0.2, -0.15) is 4.98 Å². The number of hydrogen-bond acceptors (Lipinski definition) is 8. The van der Waals surface area contributed by atoms with E-state index in [-0.39, 0.29) is 0 Å². The molecule has 8 nitrogen and oxygen atoms in total. The fourth-order valence-electron chi connectivity index (χ4n) is 3.54. The normalized spacial score (nSPS) is 21.2. The Kier molecular flexibility index (Phi) is 4.22. The van der Waals surface area contributed by atoms with Crippen LogP contribution in [-0.4, -0.2) is 74.5 Å². The molecular weight excluding hydrogens is 322 g/mol. The summed E-state index contributed by atoms with van der Waals surface area (Å²) in [6, 6.07) is 4.05. The van der Waals surface area contributed by atoms with Crippen LogP contribution in [0.4, 0.5) is 11.8 Å². The van der Waals surface area contributed by atoms with E-state index in [0.29, 0.717) is 29.3 Å². The van der Waals surface area contributed by atoms with E-state index in [0.717, 1.165) is 50.3 Å². The topological polar surface area (TPSA) is 86.0 Å².